The predicted molar refractivity (Wildman–Crippen MR) is 51.3 cm³/mol. The summed E-state index contributed by atoms with van der Waals surface area (Å²) in [6, 6.07) is 3.31. The lowest BCUT2D eigenvalue weighted by atomic mass is 10.2. The zero-order valence-electron chi connectivity index (χ0n) is 7.39. The fourth-order valence-corrected chi connectivity index (χ4v) is 1.09. The summed E-state index contributed by atoms with van der Waals surface area (Å²) in [5.41, 5.74) is 0.519. The molecule has 1 heterocycles. The first-order chi connectivity index (χ1) is 6.75. The van der Waals surface area contributed by atoms with Crippen LogP contribution in [-0.2, 0) is 9.53 Å². The van der Waals surface area contributed by atoms with Gasteiger partial charge in [0.15, 0.2) is 6.10 Å². The van der Waals surface area contributed by atoms with Gasteiger partial charge in [-0.2, -0.15) is 0 Å². The van der Waals surface area contributed by atoms with Crippen LogP contribution in [0.15, 0.2) is 24.5 Å². The number of ether oxygens (including phenoxy) is 1. The number of pyridine rings is 1. The Kier molecular flexibility index (Phi) is 4.35. The van der Waals surface area contributed by atoms with Crippen molar-refractivity contribution in [1.29, 1.82) is 0 Å². The molecule has 0 spiro atoms. The molecule has 5 heteroatoms. The van der Waals surface area contributed by atoms with Crippen molar-refractivity contribution in [2.75, 3.05) is 12.5 Å². The maximum atomic E-state index is 10.8. The number of carbonyl (C=O) groups is 1. The Labute approximate surface area is 86.5 Å². The minimum Gasteiger partial charge on any atom is -0.479 e. The molecule has 0 aliphatic carbocycles. The van der Waals surface area contributed by atoms with E-state index in [0.29, 0.717) is 5.56 Å². The number of hydrogen-bond donors (Lipinski definition) is 1. The van der Waals surface area contributed by atoms with E-state index in [1.54, 1.807) is 18.3 Å². The maximum absolute atomic E-state index is 10.8. The van der Waals surface area contributed by atoms with Crippen molar-refractivity contribution in [2.45, 2.75) is 6.10 Å². The van der Waals surface area contributed by atoms with Crippen LogP contribution >= 0.6 is 11.6 Å². The third-order valence-corrected chi connectivity index (χ3v) is 1.73. The zero-order chi connectivity index (χ0) is 10.4. The largest absolute Gasteiger partial charge is 0.479 e. The molecule has 0 fully saturated rings. The topological polar surface area (TPSA) is 59.4 Å². The fraction of sp³-hybridized carbons (Fsp3) is 0.333. The van der Waals surface area contributed by atoms with Gasteiger partial charge in [-0.1, -0.05) is 6.07 Å². The smallest absolute Gasteiger partial charge is 0.337 e. The number of halogens is 1. The number of alkyl halides is 1. The molecule has 1 aromatic heterocycles. The third-order valence-electron chi connectivity index (χ3n) is 1.57. The molecule has 76 valence electrons. The summed E-state index contributed by atoms with van der Waals surface area (Å²) in [6.07, 6.45) is 2.05. The second-order valence-corrected chi connectivity index (χ2v) is 2.94. The first kappa shape index (κ1) is 10.9. The molecule has 1 rings (SSSR count). The third kappa shape index (κ3) is 2.97. The minimum atomic E-state index is -1.04. The van der Waals surface area contributed by atoms with E-state index in [1.165, 1.54) is 6.20 Å². The van der Waals surface area contributed by atoms with Gasteiger partial charge in [0.05, 0.1) is 6.61 Å². The summed E-state index contributed by atoms with van der Waals surface area (Å²) >= 11 is 5.40. The fourth-order valence-electron chi connectivity index (χ4n) is 1.00. The number of aromatic nitrogens is 1. The quantitative estimate of drug-likeness (QED) is 0.756. The van der Waals surface area contributed by atoms with E-state index >= 15 is 0 Å². The molecule has 0 aliphatic heterocycles. The standard InChI is InChI=1S/C9H10ClNO3/c10-3-5-14-8(9(12)13)7-2-1-4-11-6-7/h1-2,4,6,8H,3,5H2,(H,12,13). The van der Waals surface area contributed by atoms with Gasteiger partial charge in [0.25, 0.3) is 0 Å². The molecule has 0 aliphatic rings. The van der Waals surface area contributed by atoms with E-state index in [4.69, 9.17) is 21.4 Å². The zero-order valence-corrected chi connectivity index (χ0v) is 8.15. The lowest BCUT2D eigenvalue weighted by molar-refractivity contribution is -0.150. The number of carboxylic acids is 1. The van der Waals surface area contributed by atoms with Crippen molar-refractivity contribution >= 4 is 17.6 Å². The molecule has 14 heavy (non-hydrogen) atoms. The molecule has 1 atom stereocenters. The van der Waals surface area contributed by atoms with Gasteiger partial charge >= 0.3 is 5.97 Å². The Morgan fingerprint density at radius 3 is 3.00 bits per heavy atom. The molecule has 0 bridgehead atoms. The van der Waals surface area contributed by atoms with Crippen LogP contribution in [0.5, 0.6) is 0 Å². The highest BCUT2D eigenvalue weighted by atomic mass is 35.5. The molecule has 0 saturated heterocycles. The van der Waals surface area contributed by atoms with Gasteiger partial charge in [-0.05, 0) is 6.07 Å². The molecule has 0 aromatic carbocycles. The first-order valence-electron chi connectivity index (χ1n) is 4.06. The summed E-state index contributed by atoms with van der Waals surface area (Å²) in [7, 11) is 0. The average molecular weight is 216 g/mol. The molecule has 4 nitrogen and oxygen atoms in total. The molecule has 0 amide bonds. The lowest BCUT2D eigenvalue weighted by Gasteiger charge is -2.12. The number of aliphatic carboxylic acids is 1. The van der Waals surface area contributed by atoms with Crippen LogP contribution in [0.3, 0.4) is 0 Å². The Balaban J connectivity index is 2.73. The van der Waals surface area contributed by atoms with Crippen molar-refractivity contribution in [3.63, 3.8) is 0 Å². The average Bonchev–Trinajstić information content (AvgIpc) is 2.19. The SMILES string of the molecule is O=C(O)C(OCCCl)c1cccnc1. The van der Waals surface area contributed by atoms with Gasteiger partial charge in [0, 0.05) is 23.8 Å². The molecule has 1 aromatic rings. The van der Waals surface area contributed by atoms with Crippen LogP contribution in [0.2, 0.25) is 0 Å². The van der Waals surface area contributed by atoms with Crippen LogP contribution in [0.4, 0.5) is 0 Å². The Hall–Kier alpha value is -1.13. The molecular weight excluding hydrogens is 206 g/mol. The second kappa shape index (κ2) is 5.57. The summed E-state index contributed by atoms with van der Waals surface area (Å²) in [4.78, 5) is 14.6. The summed E-state index contributed by atoms with van der Waals surface area (Å²) < 4.78 is 5.07. The number of hydrogen-bond acceptors (Lipinski definition) is 3. The van der Waals surface area contributed by atoms with Crippen molar-refractivity contribution in [1.82, 2.24) is 4.98 Å². The van der Waals surface area contributed by atoms with Crippen LogP contribution in [-0.4, -0.2) is 28.5 Å². The van der Waals surface area contributed by atoms with Gasteiger partial charge in [-0.15, -0.1) is 11.6 Å². The maximum Gasteiger partial charge on any atom is 0.337 e. The van der Waals surface area contributed by atoms with E-state index in [9.17, 15) is 4.79 Å². The van der Waals surface area contributed by atoms with E-state index in [-0.39, 0.29) is 12.5 Å². The van der Waals surface area contributed by atoms with Crippen LogP contribution < -0.4 is 0 Å². The Morgan fingerprint density at radius 1 is 1.71 bits per heavy atom. The minimum absolute atomic E-state index is 0.202. The predicted octanol–water partition coefficient (Wildman–Crippen LogP) is 1.46. The number of carboxylic acid groups (broad SMARTS) is 1. The normalized spacial score (nSPS) is 12.4. The molecule has 0 radical (unpaired) electrons. The molecule has 0 saturated carbocycles. The Bertz CT molecular complexity index is 291. The Morgan fingerprint density at radius 2 is 2.50 bits per heavy atom. The van der Waals surface area contributed by atoms with Crippen molar-refractivity contribution < 1.29 is 14.6 Å². The number of nitrogens with zero attached hydrogens (tertiary/aromatic N) is 1. The van der Waals surface area contributed by atoms with Crippen LogP contribution in [0.25, 0.3) is 0 Å². The van der Waals surface area contributed by atoms with E-state index in [1.807, 2.05) is 0 Å². The van der Waals surface area contributed by atoms with Crippen LogP contribution in [0, 0.1) is 0 Å². The van der Waals surface area contributed by atoms with Crippen molar-refractivity contribution in [3.05, 3.63) is 30.1 Å². The summed E-state index contributed by atoms with van der Waals surface area (Å²) in [5, 5.41) is 8.86. The van der Waals surface area contributed by atoms with Crippen LogP contribution in [0.1, 0.15) is 11.7 Å². The van der Waals surface area contributed by atoms with E-state index in [0.717, 1.165) is 0 Å². The molecular formula is C9H10ClNO3. The monoisotopic (exact) mass is 215 g/mol. The van der Waals surface area contributed by atoms with Gasteiger partial charge in [0.2, 0.25) is 0 Å². The first-order valence-corrected chi connectivity index (χ1v) is 4.59. The second-order valence-electron chi connectivity index (χ2n) is 2.56. The summed E-state index contributed by atoms with van der Waals surface area (Å²) in [5.74, 6) is -0.771. The highest BCUT2D eigenvalue weighted by Gasteiger charge is 2.19. The van der Waals surface area contributed by atoms with Gasteiger partial charge in [-0.25, -0.2) is 4.79 Å². The van der Waals surface area contributed by atoms with Crippen molar-refractivity contribution in [2.24, 2.45) is 0 Å². The lowest BCUT2D eigenvalue weighted by Crippen LogP contribution is -2.16. The number of rotatable bonds is 5. The van der Waals surface area contributed by atoms with Gasteiger partial charge in [-0.3, -0.25) is 4.98 Å². The summed E-state index contributed by atoms with van der Waals surface area (Å²) in [6.45, 7) is 0.202. The highest BCUT2D eigenvalue weighted by Crippen LogP contribution is 2.16. The van der Waals surface area contributed by atoms with Crippen molar-refractivity contribution in [3.8, 4) is 0 Å². The van der Waals surface area contributed by atoms with Gasteiger partial charge in [0.1, 0.15) is 0 Å². The molecule has 1 unspecified atom stereocenters. The van der Waals surface area contributed by atoms with Gasteiger partial charge < -0.3 is 9.84 Å². The highest BCUT2D eigenvalue weighted by molar-refractivity contribution is 6.17. The molecule has 1 N–H and O–H groups in total. The van der Waals surface area contributed by atoms with E-state index < -0.39 is 12.1 Å². The van der Waals surface area contributed by atoms with E-state index in [2.05, 4.69) is 4.98 Å².